The number of nitrogens with zero attached hydrogens (tertiary/aromatic N) is 1. The van der Waals surface area contributed by atoms with E-state index in [0.29, 0.717) is 24.6 Å². The molecule has 1 heterocycles. The molecule has 1 aliphatic carbocycles. The smallest absolute Gasteiger partial charge is 0.0459 e. The van der Waals surface area contributed by atoms with Crippen LogP contribution < -0.4 is 5.32 Å². The second-order valence-corrected chi connectivity index (χ2v) is 7.68. The number of hydrogen-bond acceptors (Lipinski definition) is 3. The van der Waals surface area contributed by atoms with Crippen LogP contribution in [0.2, 0.25) is 5.02 Å². The summed E-state index contributed by atoms with van der Waals surface area (Å²) in [5.41, 5.74) is 1.35. The Morgan fingerprint density at radius 2 is 1.57 bits per heavy atom. The molecule has 2 N–H and O–H groups in total. The fourth-order valence-corrected chi connectivity index (χ4v) is 4.08. The maximum atomic E-state index is 9.23. The minimum Gasteiger partial charge on any atom is -0.396 e. The zero-order chi connectivity index (χ0) is 16.1. The predicted octanol–water partition coefficient (Wildman–Crippen LogP) is 3.45. The predicted molar refractivity (Wildman–Crippen MR) is 95.7 cm³/mol. The summed E-state index contributed by atoms with van der Waals surface area (Å²) in [6, 6.07) is 9.57. The van der Waals surface area contributed by atoms with Crippen molar-refractivity contribution in [1.82, 2.24) is 10.2 Å². The first-order valence-corrected chi connectivity index (χ1v) is 9.44. The molecule has 0 atom stereocenters. The van der Waals surface area contributed by atoms with E-state index in [0.717, 1.165) is 11.6 Å². The number of likely N-dealkylation sites (tertiary alicyclic amines) is 1. The SMILES string of the molecule is OCC1CCC(NC2CCN(Cc3ccc(Cl)cc3)CC2)CC1. The van der Waals surface area contributed by atoms with Crippen LogP contribution in [0.3, 0.4) is 0 Å². The van der Waals surface area contributed by atoms with Gasteiger partial charge in [-0.3, -0.25) is 4.90 Å². The van der Waals surface area contributed by atoms with Crippen molar-refractivity contribution >= 4 is 11.6 Å². The van der Waals surface area contributed by atoms with Crippen LogP contribution in [-0.2, 0) is 6.54 Å². The van der Waals surface area contributed by atoms with Crippen molar-refractivity contribution in [3.63, 3.8) is 0 Å². The molecular weight excluding hydrogens is 308 g/mol. The van der Waals surface area contributed by atoms with Crippen LogP contribution in [0.25, 0.3) is 0 Å². The van der Waals surface area contributed by atoms with Gasteiger partial charge in [0.15, 0.2) is 0 Å². The van der Waals surface area contributed by atoms with Crippen LogP contribution in [-0.4, -0.2) is 41.8 Å². The highest BCUT2D eigenvalue weighted by atomic mass is 35.5. The largest absolute Gasteiger partial charge is 0.396 e. The summed E-state index contributed by atoms with van der Waals surface area (Å²) in [7, 11) is 0. The molecule has 1 saturated heterocycles. The monoisotopic (exact) mass is 336 g/mol. The maximum absolute atomic E-state index is 9.23. The van der Waals surface area contributed by atoms with Crippen molar-refractivity contribution in [3.8, 4) is 0 Å². The van der Waals surface area contributed by atoms with E-state index in [4.69, 9.17) is 11.6 Å². The highest BCUT2D eigenvalue weighted by Gasteiger charge is 2.25. The maximum Gasteiger partial charge on any atom is 0.0459 e. The van der Waals surface area contributed by atoms with Gasteiger partial charge in [0.05, 0.1) is 0 Å². The first-order valence-electron chi connectivity index (χ1n) is 9.06. The third-order valence-corrected chi connectivity index (χ3v) is 5.74. The Bertz CT molecular complexity index is 463. The van der Waals surface area contributed by atoms with Crippen molar-refractivity contribution in [2.45, 2.75) is 57.2 Å². The molecular formula is C19H29ClN2O. The minimum atomic E-state index is 0.371. The van der Waals surface area contributed by atoms with Gasteiger partial charge in [-0.15, -0.1) is 0 Å². The summed E-state index contributed by atoms with van der Waals surface area (Å²) in [4.78, 5) is 2.55. The Labute approximate surface area is 145 Å². The Morgan fingerprint density at radius 3 is 2.17 bits per heavy atom. The van der Waals surface area contributed by atoms with E-state index in [9.17, 15) is 5.11 Å². The minimum absolute atomic E-state index is 0.371. The number of aliphatic hydroxyl groups is 1. The average molecular weight is 337 g/mol. The molecule has 3 rings (SSSR count). The van der Waals surface area contributed by atoms with Crippen LogP contribution >= 0.6 is 11.6 Å². The molecule has 0 amide bonds. The lowest BCUT2D eigenvalue weighted by molar-refractivity contribution is 0.152. The molecule has 3 nitrogen and oxygen atoms in total. The molecule has 2 fully saturated rings. The zero-order valence-corrected chi connectivity index (χ0v) is 14.6. The second-order valence-electron chi connectivity index (χ2n) is 7.24. The third kappa shape index (κ3) is 5.18. The van der Waals surface area contributed by atoms with Crippen molar-refractivity contribution in [2.75, 3.05) is 19.7 Å². The second kappa shape index (κ2) is 8.48. The van der Waals surface area contributed by atoms with Crippen LogP contribution in [0, 0.1) is 5.92 Å². The quantitative estimate of drug-likeness (QED) is 0.864. The number of hydrogen-bond donors (Lipinski definition) is 2. The van der Waals surface area contributed by atoms with E-state index in [1.807, 2.05) is 12.1 Å². The van der Waals surface area contributed by atoms with Gasteiger partial charge in [0.25, 0.3) is 0 Å². The van der Waals surface area contributed by atoms with Gasteiger partial charge in [0, 0.05) is 30.3 Å². The van der Waals surface area contributed by atoms with E-state index < -0.39 is 0 Å². The molecule has 0 bridgehead atoms. The summed E-state index contributed by atoms with van der Waals surface area (Å²) in [5, 5.41) is 13.9. The molecule has 1 aromatic rings. The number of halogens is 1. The highest BCUT2D eigenvalue weighted by Crippen LogP contribution is 2.25. The number of nitrogens with one attached hydrogen (secondary N) is 1. The molecule has 0 spiro atoms. The molecule has 0 radical (unpaired) electrons. The van der Waals surface area contributed by atoms with Crippen molar-refractivity contribution < 1.29 is 5.11 Å². The lowest BCUT2D eigenvalue weighted by Crippen LogP contribution is -2.47. The van der Waals surface area contributed by atoms with Crippen molar-refractivity contribution in [3.05, 3.63) is 34.9 Å². The Balaban J connectivity index is 1.38. The van der Waals surface area contributed by atoms with Gasteiger partial charge in [-0.05, 0) is 75.2 Å². The van der Waals surface area contributed by atoms with Crippen LogP contribution in [0.1, 0.15) is 44.1 Å². The fourth-order valence-electron chi connectivity index (χ4n) is 3.95. The molecule has 23 heavy (non-hydrogen) atoms. The summed E-state index contributed by atoms with van der Waals surface area (Å²) in [6.45, 7) is 3.75. The molecule has 2 aliphatic rings. The van der Waals surface area contributed by atoms with Gasteiger partial charge in [-0.25, -0.2) is 0 Å². The van der Waals surface area contributed by atoms with Crippen molar-refractivity contribution in [2.24, 2.45) is 5.92 Å². The van der Waals surface area contributed by atoms with E-state index in [2.05, 4.69) is 22.3 Å². The highest BCUT2D eigenvalue weighted by molar-refractivity contribution is 6.30. The lowest BCUT2D eigenvalue weighted by atomic mass is 9.86. The van der Waals surface area contributed by atoms with Gasteiger partial charge in [-0.2, -0.15) is 0 Å². The average Bonchev–Trinajstić information content (AvgIpc) is 2.59. The van der Waals surface area contributed by atoms with E-state index in [1.165, 1.54) is 57.2 Å². The normalized spacial score (nSPS) is 27.2. The molecule has 0 unspecified atom stereocenters. The molecule has 4 heteroatoms. The number of aliphatic hydroxyl groups excluding tert-OH is 1. The molecule has 1 saturated carbocycles. The fraction of sp³-hybridized carbons (Fsp3) is 0.684. The van der Waals surface area contributed by atoms with Gasteiger partial charge in [-0.1, -0.05) is 23.7 Å². The lowest BCUT2D eigenvalue weighted by Gasteiger charge is -2.36. The van der Waals surface area contributed by atoms with Crippen LogP contribution in [0.15, 0.2) is 24.3 Å². The molecule has 1 aromatic carbocycles. The van der Waals surface area contributed by atoms with Gasteiger partial charge >= 0.3 is 0 Å². The molecule has 1 aliphatic heterocycles. The summed E-state index contributed by atoms with van der Waals surface area (Å²) in [5.74, 6) is 0.550. The van der Waals surface area contributed by atoms with Gasteiger partial charge < -0.3 is 10.4 Å². The van der Waals surface area contributed by atoms with E-state index >= 15 is 0 Å². The zero-order valence-electron chi connectivity index (χ0n) is 13.9. The Kier molecular flexibility index (Phi) is 6.35. The third-order valence-electron chi connectivity index (χ3n) is 5.48. The summed E-state index contributed by atoms with van der Waals surface area (Å²) >= 11 is 5.95. The van der Waals surface area contributed by atoms with Crippen LogP contribution in [0.4, 0.5) is 0 Å². The van der Waals surface area contributed by atoms with Crippen LogP contribution in [0.5, 0.6) is 0 Å². The number of rotatable bonds is 5. The van der Waals surface area contributed by atoms with Gasteiger partial charge in [0.1, 0.15) is 0 Å². The molecule has 0 aromatic heterocycles. The topological polar surface area (TPSA) is 35.5 Å². The first kappa shape index (κ1) is 17.2. The summed E-state index contributed by atoms with van der Waals surface area (Å²) < 4.78 is 0. The number of benzene rings is 1. The van der Waals surface area contributed by atoms with E-state index in [1.54, 1.807) is 0 Å². The first-order chi connectivity index (χ1) is 11.2. The Hall–Kier alpha value is -0.610. The van der Waals surface area contributed by atoms with Crippen molar-refractivity contribution in [1.29, 1.82) is 0 Å². The molecule has 128 valence electrons. The van der Waals surface area contributed by atoms with Gasteiger partial charge in [0.2, 0.25) is 0 Å². The summed E-state index contributed by atoms with van der Waals surface area (Å²) in [6.07, 6.45) is 7.32. The number of piperidine rings is 1. The van der Waals surface area contributed by atoms with E-state index in [-0.39, 0.29) is 0 Å². The standard InChI is InChI=1S/C19H29ClN2O/c20-17-5-1-15(2-6-17)13-22-11-9-19(10-12-22)21-18-7-3-16(14-23)4-8-18/h1-2,5-6,16,18-19,21,23H,3-4,7-14H2. The Morgan fingerprint density at radius 1 is 0.957 bits per heavy atom.